The largest absolute Gasteiger partial charge is 0.377 e. The molecule has 0 aromatic heterocycles. The van der Waals surface area contributed by atoms with Crippen LogP contribution in [0.15, 0.2) is 23.1 Å². The van der Waals surface area contributed by atoms with E-state index in [-0.39, 0.29) is 27.1 Å². The first-order chi connectivity index (χ1) is 9.36. The van der Waals surface area contributed by atoms with E-state index in [2.05, 4.69) is 4.72 Å². The van der Waals surface area contributed by atoms with Gasteiger partial charge in [0.2, 0.25) is 10.0 Å². The number of hydrogen-bond donors (Lipinski definition) is 2. The molecule has 0 bridgehead atoms. The Morgan fingerprint density at radius 1 is 1.45 bits per heavy atom. The van der Waals surface area contributed by atoms with E-state index in [1.54, 1.807) is 0 Å². The number of hydrogen-bond acceptors (Lipinski definition) is 4. The van der Waals surface area contributed by atoms with Gasteiger partial charge in [0.25, 0.3) is 0 Å². The molecule has 0 saturated heterocycles. The van der Waals surface area contributed by atoms with Gasteiger partial charge >= 0.3 is 0 Å². The summed E-state index contributed by atoms with van der Waals surface area (Å²) in [6.45, 7) is 2.36. The van der Waals surface area contributed by atoms with Crippen LogP contribution in [0, 0.1) is 0 Å². The summed E-state index contributed by atoms with van der Waals surface area (Å²) in [6.07, 6.45) is 0.423. The predicted molar refractivity (Wildman–Crippen MR) is 78.6 cm³/mol. The van der Waals surface area contributed by atoms with Crippen molar-refractivity contribution in [1.82, 2.24) is 4.72 Å². The van der Waals surface area contributed by atoms with Crippen LogP contribution in [0.3, 0.4) is 0 Å². The molecule has 0 heterocycles. The summed E-state index contributed by atoms with van der Waals surface area (Å²) in [5, 5.41) is 0.191. The van der Waals surface area contributed by atoms with Crippen molar-refractivity contribution >= 4 is 33.2 Å². The minimum absolute atomic E-state index is 0.00233. The summed E-state index contributed by atoms with van der Waals surface area (Å²) in [7, 11) is -3.78. The normalized spacial score (nSPS) is 26.3. The highest BCUT2D eigenvalue weighted by atomic mass is 35.5. The Hall–Kier alpha value is -0.370. The summed E-state index contributed by atoms with van der Waals surface area (Å²) in [5.74, 6) is 0. The fourth-order valence-corrected chi connectivity index (χ4v) is 4.20. The zero-order valence-corrected chi connectivity index (χ0v) is 13.2. The molecule has 3 atom stereocenters. The summed E-state index contributed by atoms with van der Waals surface area (Å²) in [4.78, 5) is -0.0546. The van der Waals surface area contributed by atoms with Crippen molar-refractivity contribution in [3.05, 3.63) is 28.2 Å². The average Bonchev–Trinajstić information content (AvgIpc) is 2.39. The van der Waals surface area contributed by atoms with E-state index < -0.39 is 16.1 Å². The molecular weight excluding hydrogens is 323 g/mol. The van der Waals surface area contributed by atoms with Crippen molar-refractivity contribution < 1.29 is 13.2 Å². The van der Waals surface area contributed by atoms with Crippen molar-refractivity contribution in [2.45, 2.75) is 36.4 Å². The molecule has 0 aliphatic heterocycles. The van der Waals surface area contributed by atoms with Crippen molar-refractivity contribution in [3.63, 3.8) is 0 Å². The van der Waals surface area contributed by atoms with Gasteiger partial charge in [-0.15, -0.1) is 0 Å². The van der Waals surface area contributed by atoms with Crippen LogP contribution in [0.5, 0.6) is 0 Å². The van der Waals surface area contributed by atoms with Gasteiger partial charge in [-0.1, -0.05) is 29.3 Å². The van der Waals surface area contributed by atoms with Crippen molar-refractivity contribution in [1.29, 1.82) is 0 Å². The highest BCUT2D eigenvalue weighted by Gasteiger charge is 2.42. The van der Waals surface area contributed by atoms with Gasteiger partial charge in [-0.05, 0) is 25.5 Å². The molecule has 2 rings (SSSR count). The van der Waals surface area contributed by atoms with Gasteiger partial charge in [0.15, 0.2) is 0 Å². The number of nitrogens with one attached hydrogen (secondary N) is 1. The van der Waals surface area contributed by atoms with Crippen molar-refractivity contribution in [2.75, 3.05) is 6.61 Å². The van der Waals surface area contributed by atoms with E-state index in [4.69, 9.17) is 33.7 Å². The van der Waals surface area contributed by atoms with E-state index in [0.717, 1.165) is 0 Å². The SMILES string of the molecule is CCOC1CC(N)C1NS(=O)(=O)c1cccc(Cl)c1Cl. The topological polar surface area (TPSA) is 81.4 Å². The fourth-order valence-electron chi connectivity index (χ4n) is 2.12. The van der Waals surface area contributed by atoms with Gasteiger partial charge in [0.1, 0.15) is 4.90 Å². The van der Waals surface area contributed by atoms with E-state index in [9.17, 15) is 8.42 Å². The first-order valence-electron chi connectivity index (χ1n) is 6.20. The first kappa shape index (κ1) is 16.0. The lowest BCUT2D eigenvalue weighted by molar-refractivity contribution is -0.0248. The van der Waals surface area contributed by atoms with Gasteiger partial charge in [0, 0.05) is 12.6 Å². The Morgan fingerprint density at radius 2 is 2.15 bits per heavy atom. The Bertz CT molecular complexity index is 592. The van der Waals surface area contributed by atoms with Gasteiger partial charge in [-0.3, -0.25) is 0 Å². The Labute approximate surface area is 128 Å². The summed E-state index contributed by atoms with van der Waals surface area (Å²) in [6, 6.07) is 3.75. The van der Waals surface area contributed by atoms with Crippen LogP contribution >= 0.6 is 23.2 Å². The molecule has 5 nitrogen and oxygen atoms in total. The van der Waals surface area contributed by atoms with Crippen LogP contribution in [0.4, 0.5) is 0 Å². The monoisotopic (exact) mass is 338 g/mol. The molecule has 1 fully saturated rings. The van der Waals surface area contributed by atoms with E-state index in [0.29, 0.717) is 13.0 Å². The van der Waals surface area contributed by atoms with Crippen LogP contribution in [0.1, 0.15) is 13.3 Å². The molecule has 1 aromatic carbocycles. The van der Waals surface area contributed by atoms with Gasteiger partial charge in [-0.25, -0.2) is 13.1 Å². The number of rotatable bonds is 5. The fraction of sp³-hybridized carbons (Fsp3) is 0.500. The third kappa shape index (κ3) is 3.10. The molecule has 20 heavy (non-hydrogen) atoms. The van der Waals surface area contributed by atoms with Crippen LogP contribution in [0.25, 0.3) is 0 Å². The maximum atomic E-state index is 12.3. The third-order valence-electron chi connectivity index (χ3n) is 3.24. The summed E-state index contributed by atoms with van der Waals surface area (Å²) in [5.41, 5.74) is 5.83. The second-order valence-corrected chi connectivity index (χ2v) is 7.06. The number of benzene rings is 1. The molecule has 1 aromatic rings. The molecule has 112 valence electrons. The van der Waals surface area contributed by atoms with Gasteiger partial charge in [0.05, 0.1) is 22.2 Å². The van der Waals surface area contributed by atoms with Crippen LogP contribution in [-0.2, 0) is 14.8 Å². The summed E-state index contributed by atoms with van der Waals surface area (Å²) < 4.78 is 32.6. The molecule has 1 aliphatic rings. The maximum Gasteiger partial charge on any atom is 0.242 e. The Balaban J connectivity index is 2.21. The maximum absolute atomic E-state index is 12.3. The molecule has 3 unspecified atom stereocenters. The van der Waals surface area contributed by atoms with E-state index in [1.165, 1.54) is 18.2 Å². The molecule has 1 saturated carbocycles. The quantitative estimate of drug-likeness (QED) is 0.857. The minimum atomic E-state index is -3.78. The van der Waals surface area contributed by atoms with Crippen molar-refractivity contribution in [2.24, 2.45) is 5.73 Å². The average molecular weight is 339 g/mol. The van der Waals surface area contributed by atoms with Gasteiger partial charge < -0.3 is 10.5 Å². The Kier molecular flexibility index (Phi) is 4.94. The molecule has 8 heteroatoms. The molecule has 1 aliphatic carbocycles. The molecule has 3 N–H and O–H groups in total. The lowest BCUT2D eigenvalue weighted by atomic mass is 9.84. The second kappa shape index (κ2) is 6.17. The Morgan fingerprint density at radius 3 is 2.75 bits per heavy atom. The van der Waals surface area contributed by atoms with Crippen LogP contribution < -0.4 is 10.5 Å². The molecule has 0 amide bonds. The predicted octanol–water partition coefficient (Wildman–Crippen LogP) is 1.78. The smallest absolute Gasteiger partial charge is 0.242 e. The first-order valence-corrected chi connectivity index (χ1v) is 8.44. The minimum Gasteiger partial charge on any atom is -0.377 e. The van der Waals surface area contributed by atoms with Crippen LogP contribution in [-0.4, -0.2) is 33.2 Å². The zero-order chi connectivity index (χ0) is 14.9. The van der Waals surface area contributed by atoms with E-state index in [1.807, 2.05) is 6.92 Å². The van der Waals surface area contributed by atoms with Gasteiger partial charge in [-0.2, -0.15) is 0 Å². The lowest BCUT2D eigenvalue weighted by Crippen LogP contribution is -2.64. The molecular formula is C12H16Cl2N2O3S. The highest BCUT2D eigenvalue weighted by molar-refractivity contribution is 7.89. The second-order valence-electron chi connectivity index (χ2n) is 4.59. The third-order valence-corrected chi connectivity index (χ3v) is 5.68. The molecule has 0 spiro atoms. The number of halogens is 2. The molecule has 0 radical (unpaired) electrons. The lowest BCUT2D eigenvalue weighted by Gasteiger charge is -2.42. The van der Waals surface area contributed by atoms with Crippen LogP contribution in [0.2, 0.25) is 10.0 Å². The number of sulfonamides is 1. The standard InChI is InChI=1S/C12H16Cl2N2O3S/c1-2-19-9-6-8(15)12(9)16-20(17,18)10-5-3-4-7(13)11(10)14/h3-5,8-9,12,16H,2,6,15H2,1H3. The van der Waals surface area contributed by atoms with E-state index >= 15 is 0 Å². The zero-order valence-electron chi connectivity index (χ0n) is 10.8. The number of nitrogens with two attached hydrogens (primary N) is 1. The highest BCUT2D eigenvalue weighted by Crippen LogP contribution is 2.30. The number of ether oxygens (including phenoxy) is 1. The summed E-state index contributed by atoms with van der Waals surface area (Å²) >= 11 is 11.8. The van der Waals surface area contributed by atoms with Crippen molar-refractivity contribution in [3.8, 4) is 0 Å².